The van der Waals surface area contributed by atoms with E-state index < -0.39 is 36.1 Å². The van der Waals surface area contributed by atoms with E-state index in [1.165, 1.54) is 36.9 Å². The van der Waals surface area contributed by atoms with E-state index in [1.807, 2.05) is 36.7 Å². The Bertz CT molecular complexity index is 1060. The third-order valence-electron chi connectivity index (χ3n) is 5.71. The Hall–Kier alpha value is -2.06. The van der Waals surface area contributed by atoms with Crippen LogP contribution in [0.3, 0.4) is 0 Å². The van der Waals surface area contributed by atoms with Crippen LogP contribution in [0.1, 0.15) is 19.4 Å². The minimum atomic E-state index is -1.99. The number of rotatable bonds is 5. The fourth-order valence-electron chi connectivity index (χ4n) is 4.34. The summed E-state index contributed by atoms with van der Waals surface area (Å²) in [6.07, 6.45) is 0.321. The first-order chi connectivity index (χ1) is 14.3. The smallest absolute Gasteiger partial charge is 0.185 e. The van der Waals surface area contributed by atoms with Gasteiger partial charge in [0.25, 0.3) is 0 Å². The number of hydrogen-bond acceptors (Lipinski definition) is 9. The monoisotopic (exact) mass is 527 g/mol. The van der Waals surface area contributed by atoms with Gasteiger partial charge in [-0.2, -0.15) is 0 Å². The molecule has 1 aliphatic heterocycles. The summed E-state index contributed by atoms with van der Waals surface area (Å²) in [6, 6.07) is 5.88. The number of aromatic hydroxyl groups is 1. The fraction of sp³-hybridized carbons (Fsp3) is 0.421. The predicted molar refractivity (Wildman–Crippen MR) is 116 cm³/mol. The summed E-state index contributed by atoms with van der Waals surface area (Å²) in [5.74, 6) is 0.109. The maximum atomic E-state index is 12.1. The molecule has 0 spiro atoms. The highest BCUT2D eigenvalue weighted by molar-refractivity contribution is 14.1. The molecule has 0 bridgehead atoms. The van der Waals surface area contributed by atoms with Crippen LogP contribution in [-0.4, -0.2) is 58.8 Å². The van der Waals surface area contributed by atoms with Crippen molar-refractivity contribution < 1.29 is 25.2 Å². The Kier molecular flexibility index (Phi) is 5.34. The quantitative estimate of drug-likeness (QED) is 0.244. The van der Waals surface area contributed by atoms with Crippen LogP contribution < -0.4 is 3.53 Å². The third-order valence-corrected chi connectivity index (χ3v) is 6.22. The molecule has 4 atom stereocenters. The lowest BCUT2D eigenvalue weighted by Crippen LogP contribution is -2.58. The zero-order chi connectivity index (χ0) is 21.7. The molecular weight excluding hydrogens is 505 g/mol. The second-order valence-electron chi connectivity index (χ2n) is 7.55. The number of aromatic nitrogens is 4. The van der Waals surface area contributed by atoms with Gasteiger partial charge in [0.2, 0.25) is 0 Å². The molecule has 4 rings (SSSR count). The minimum absolute atomic E-state index is 0.0168. The van der Waals surface area contributed by atoms with E-state index in [9.17, 15) is 20.4 Å². The molecule has 0 aliphatic carbocycles. The van der Waals surface area contributed by atoms with Crippen molar-refractivity contribution in [3.05, 3.63) is 42.5 Å². The van der Waals surface area contributed by atoms with Gasteiger partial charge in [0.05, 0.1) is 35.8 Å². The maximum absolute atomic E-state index is 12.1. The van der Waals surface area contributed by atoms with Crippen molar-refractivity contribution in [3.8, 4) is 5.75 Å². The number of imidazole rings is 1. The number of phenols is 1. The average Bonchev–Trinajstić information content (AvgIpc) is 3.27. The molecule has 1 aromatic carbocycles. The van der Waals surface area contributed by atoms with Crippen molar-refractivity contribution >= 4 is 39.8 Å². The second-order valence-corrected chi connectivity index (χ2v) is 8.09. The first-order valence-corrected chi connectivity index (χ1v) is 10.4. The zero-order valence-electron chi connectivity index (χ0n) is 16.3. The molecule has 3 aromatic rings. The number of phenolic OH excluding ortho intramolecular Hbond substituents is 1. The number of aliphatic hydroxyl groups is 3. The van der Waals surface area contributed by atoms with Crippen LogP contribution in [0, 0.1) is 5.92 Å². The molecule has 0 unspecified atom stereocenters. The molecule has 3 heterocycles. The second kappa shape index (κ2) is 7.57. The van der Waals surface area contributed by atoms with Crippen molar-refractivity contribution in [2.75, 3.05) is 10.1 Å². The Morgan fingerprint density at radius 2 is 1.93 bits per heavy atom. The van der Waals surface area contributed by atoms with Crippen LogP contribution in [0.5, 0.6) is 5.75 Å². The van der Waals surface area contributed by atoms with Crippen molar-refractivity contribution in [2.24, 2.45) is 5.92 Å². The van der Waals surface area contributed by atoms with E-state index in [0.29, 0.717) is 22.5 Å². The number of hydrogen-bond donors (Lipinski definition) is 5. The highest BCUT2D eigenvalue weighted by Crippen LogP contribution is 2.54. The molecule has 2 aromatic heterocycles. The Morgan fingerprint density at radius 3 is 2.53 bits per heavy atom. The van der Waals surface area contributed by atoms with Crippen molar-refractivity contribution in [1.82, 2.24) is 19.5 Å². The standard InChI is InChI=1S/C19H22IN5O5/c1-10(2)19(25-9-23-14-16(24-20)21-8-22-17(14)25)18(29,15(28)13(7-26)30-19)11-3-5-12(27)6-4-11/h3-6,8-10,13,15,26-29H,7H2,1-2H3,(H,21,22,24)/t13-,15-,18-,19-/m1/s1. The summed E-state index contributed by atoms with van der Waals surface area (Å²) in [5, 5.41) is 42.8. The lowest BCUT2D eigenvalue weighted by atomic mass is 9.74. The number of anilines is 1. The minimum Gasteiger partial charge on any atom is -0.508 e. The maximum Gasteiger partial charge on any atom is 0.185 e. The molecule has 1 aliphatic rings. The van der Waals surface area contributed by atoms with Gasteiger partial charge in [-0.1, -0.05) is 26.0 Å². The van der Waals surface area contributed by atoms with Gasteiger partial charge in [0.15, 0.2) is 28.3 Å². The first-order valence-electron chi connectivity index (χ1n) is 9.35. The van der Waals surface area contributed by atoms with Crippen molar-refractivity contribution in [3.63, 3.8) is 0 Å². The molecule has 30 heavy (non-hydrogen) atoms. The van der Waals surface area contributed by atoms with Crippen molar-refractivity contribution in [2.45, 2.75) is 37.4 Å². The predicted octanol–water partition coefficient (Wildman–Crippen LogP) is 1.24. The summed E-state index contributed by atoms with van der Waals surface area (Å²) in [6.45, 7) is 3.17. The topological polar surface area (TPSA) is 146 Å². The van der Waals surface area contributed by atoms with E-state index in [0.717, 1.165) is 0 Å². The van der Waals surface area contributed by atoms with Crippen LogP contribution in [0.25, 0.3) is 11.2 Å². The number of halogens is 1. The SMILES string of the molecule is CC(C)[C@@]1(n2cnc3c(NI)ncnc32)O[C@H](CO)[C@@H](O)[C@]1(O)c1ccc(O)cc1. The van der Waals surface area contributed by atoms with Crippen LogP contribution in [0.15, 0.2) is 36.9 Å². The van der Waals surface area contributed by atoms with Gasteiger partial charge < -0.3 is 28.7 Å². The van der Waals surface area contributed by atoms with Gasteiger partial charge in [0, 0.05) is 5.92 Å². The molecule has 0 radical (unpaired) electrons. The number of aliphatic hydroxyl groups excluding tert-OH is 2. The molecule has 11 heteroatoms. The average molecular weight is 527 g/mol. The van der Waals surface area contributed by atoms with E-state index >= 15 is 0 Å². The number of fused-ring (bicyclic) bond motifs is 1. The highest BCUT2D eigenvalue weighted by atomic mass is 127. The summed E-state index contributed by atoms with van der Waals surface area (Å²) in [7, 11) is 0. The van der Waals surface area contributed by atoms with Gasteiger partial charge >= 0.3 is 0 Å². The van der Waals surface area contributed by atoms with Crippen molar-refractivity contribution in [1.29, 1.82) is 0 Å². The molecule has 5 N–H and O–H groups in total. The summed E-state index contributed by atoms with van der Waals surface area (Å²) in [5.41, 5.74) is -2.38. The number of benzene rings is 1. The van der Waals surface area contributed by atoms with Crippen LogP contribution in [-0.2, 0) is 16.1 Å². The summed E-state index contributed by atoms with van der Waals surface area (Å²) >= 11 is 1.94. The highest BCUT2D eigenvalue weighted by Gasteiger charge is 2.68. The van der Waals surface area contributed by atoms with Gasteiger partial charge in [-0.3, -0.25) is 4.57 Å². The van der Waals surface area contributed by atoms with E-state index in [-0.39, 0.29) is 5.75 Å². The van der Waals surface area contributed by atoms with E-state index in [2.05, 4.69) is 18.5 Å². The van der Waals surface area contributed by atoms with E-state index in [1.54, 1.807) is 4.57 Å². The first kappa shape index (κ1) is 21.2. The largest absolute Gasteiger partial charge is 0.508 e. The number of nitrogens with one attached hydrogen (secondary N) is 1. The molecule has 10 nitrogen and oxygen atoms in total. The number of ether oxygens (including phenoxy) is 1. The Labute approximate surface area is 186 Å². The van der Waals surface area contributed by atoms with Crippen LogP contribution >= 0.6 is 22.9 Å². The van der Waals surface area contributed by atoms with Gasteiger partial charge in [-0.05, 0) is 17.7 Å². The molecule has 0 saturated carbocycles. The Balaban J connectivity index is 2.04. The number of nitrogens with zero attached hydrogens (tertiary/aromatic N) is 4. The van der Waals surface area contributed by atoms with Gasteiger partial charge in [0.1, 0.15) is 24.3 Å². The molecular formula is C19H22IN5O5. The molecule has 1 saturated heterocycles. The normalized spacial score (nSPS) is 29.0. The lowest BCUT2D eigenvalue weighted by molar-refractivity contribution is -0.225. The van der Waals surface area contributed by atoms with E-state index in [4.69, 9.17) is 4.74 Å². The molecule has 0 amide bonds. The van der Waals surface area contributed by atoms with Crippen LogP contribution in [0.4, 0.5) is 5.82 Å². The molecule has 160 valence electrons. The Morgan fingerprint density at radius 1 is 1.23 bits per heavy atom. The third kappa shape index (κ3) is 2.73. The molecule has 1 fully saturated rings. The van der Waals surface area contributed by atoms with Gasteiger partial charge in [-0.25, -0.2) is 15.0 Å². The summed E-state index contributed by atoms with van der Waals surface area (Å²) < 4.78 is 10.7. The summed E-state index contributed by atoms with van der Waals surface area (Å²) in [4.78, 5) is 12.9. The van der Waals surface area contributed by atoms with Gasteiger partial charge in [-0.15, -0.1) is 0 Å². The fourth-order valence-corrected chi connectivity index (χ4v) is 4.73. The lowest BCUT2D eigenvalue weighted by Gasteiger charge is -2.45. The zero-order valence-corrected chi connectivity index (χ0v) is 18.4. The van der Waals surface area contributed by atoms with Crippen LogP contribution in [0.2, 0.25) is 0 Å².